The van der Waals surface area contributed by atoms with Crippen LogP contribution in [-0.4, -0.2) is 26.9 Å². The van der Waals surface area contributed by atoms with Gasteiger partial charge in [0.15, 0.2) is 0 Å². The van der Waals surface area contributed by atoms with Gasteiger partial charge in [-0.25, -0.2) is 0 Å². The molecule has 1 aliphatic heterocycles. The van der Waals surface area contributed by atoms with Crippen LogP contribution in [0.5, 0.6) is 5.75 Å². The molecule has 0 bridgehead atoms. The summed E-state index contributed by atoms with van der Waals surface area (Å²) in [4.78, 5) is 0. The molecule has 0 aromatic heterocycles. The lowest BCUT2D eigenvalue weighted by Gasteiger charge is -2.23. The molecule has 0 spiro atoms. The Kier molecular flexibility index (Phi) is 5.02. The molecule has 2 rings (SSSR count). The maximum atomic E-state index is 6.00. The molecular formula is C15H23NO2. The fraction of sp³-hybridized carbons (Fsp3) is 0.600. The normalized spacial score (nSPS) is 18.6. The number of nitrogens with one attached hydrogen (secondary N) is 1. The minimum absolute atomic E-state index is 0.316. The van der Waals surface area contributed by atoms with Crippen LogP contribution in [0.3, 0.4) is 0 Å². The Balaban J connectivity index is 1.95. The average molecular weight is 249 g/mol. The molecule has 0 saturated carbocycles. The maximum absolute atomic E-state index is 6.00. The van der Waals surface area contributed by atoms with Gasteiger partial charge < -0.3 is 14.8 Å². The Bertz CT molecular complexity index is 361. The third-order valence-corrected chi connectivity index (χ3v) is 3.63. The van der Waals surface area contributed by atoms with E-state index in [0.717, 1.165) is 38.4 Å². The number of hydrogen-bond acceptors (Lipinski definition) is 3. The van der Waals surface area contributed by atoms with Crippen molar-refractivity contribution in [1.29, 1.82) is 0 Å². The predicted molar refractivity (Wildman–Crippen MR) is 73.0 cm³/mol. The second-order valence-corrected chi connectivity index (χ2v) is 4.91. The SMILES string of the molecule is CNC(C)c1ccccc1OCC1CCOCC1. The van der Waals surface area contributed by atoms with Crippen molar-refractivity contribution in [3.8, 4) is 5.75 Å². The molecule has 0 radical (unpaired) electrons. The fourth-order valence-electron chi connectivity index (χ4n) is 2.25. The molecule has 0 amide bonds. The summed E-state index contributed by atoms with van der Waals surface area (Å²) in [6, 6.07) is 8.59. The summed E-state index contributed by atoms with van der Waals surface area (Å²) in [6.45, 7) is 4.71. The van der Waals surface area contributed by atoms with Gasteiger partial charge in [-0.15, -0.1) is 0 Å². The quantitative estimate of drug-likeness (QED) is 0.870. The third kappa shape index (κ3) is 3.47. The van der Waals surface area contributed by atoms with Crippen molar-refractivity contribution in [2.45, 2.75) is 25.8 Å². The van der Waals surface area contributed by atoms with Gasteiger partial charge in [0.2, 0.25) is 0 Å². The second kappa shape index (κ2) is 6.76. The highest BCUT2D eigenvalue weighted by molar-refractivity contribution is 5.35. The second-order valence-electron chi connectivity index (χ2n) is 4.91. The molecule has 0 aliphatic carbocycles. The van der Waals surface area contributed by atoms with E-state index < -0.39 is 0 Å². The maximum Gasteiger partial charge on any atom is 0.124 e. The van der Waals surface area contributed by atoms with Gasteiger partial charge in [-0.3, -0.25) is 0 Å². The van der Waals surface area contributed by atoms with Gasteiger partial charge in [0.25, 0.3) is 0 Å². The zero-order valence-electron chi connectivity index (χ0n) is 11.3. The minimum atomic E-state index is 0.316. The van der Waals surface area contributed by atoms with Crippen molar-refractivity contribution in [2.75, 3.05) is 26.9 Å². The molecule has 3 nitrogen and oxygen atoms in total. The van der Waals surface area contributed by atoms with Crippen LogP contribution < -0.4 is 10.1 Å². The molecule has 100 valence electrons. The van der Waals surface area contributed by atoms with Gasteiger partial charge >= 0.3 is 0 Å². The number of para-hydroxylation sites is 1. The summed E-state index contributed by atoms with van der Waals surface area (Å²) in [5.74, 6) is 1.64. The van der Waals surface area contributed by atoms with Crippen molar-refractivity contribution in [3.63, 3.8) is 0 Å². The molecule has 1 heterocycles. The summed E-state index contributed by atoms with van der Waals surface area (Å²) in [7, 11) is 1.97. The van der Waals surface area contributed by atoms with Crippen LogP contribution in [-0.2, 0) is 4.74 Å². The summed E-state index contributed by atoms with van der Waals surface area (Å²) in [5, 5.41) is 3.26. The van der Waals surface area contributed by atoms with Crippen LogP contribution in [0.2, 0.25) is 0 Å². The first-order chi connectivity index (χ1) is 8.81. The lowest BCUT2D eigenvalue weighted by Crippen LogP contribution is -2.22. The van der Waals surface area contributed by atoms with Crippen molar-refractivity contribution in [1.82, 2.24) is 5.32 Å². The zero-order chi connectivity index (χ0) is 12.8. The molecule has 1 fully saturated rings. The predicted octanol–water partition coefficient (Wildman–Crippen LogP) is 2.77. The summed E-state index contributed by atoms with van der Waals surface area (Å²) in [6.07, 6.45) is 2.23. The van der Waals surface area contributed by atoms with Gasteiger partial charge in [-0.05, 0) is 38.8 Å². The van der Waals surface area contributed by atoms with Crippen molar-refractivity contribution < 1.29 is 9.47 Å². The average Bonchev–Trinajstić information content (AvgIpc) is 2.45. The lowest BCUT2D eigenvalue weighted by atomic mass is 10.0. The van der Waals surface area contributed by atoms with Gasteiger partial charge in [0.1, 0.15) is 5.75 Å². The highest BCUT2D eigenvalue weighted by atomic mass is 16.5. The topological polar surface area (TPSA) is 30.5 Å². The Labute approximate surface area is 109 Å². The number of rotatable bonds is 5. The van der Waals surface area contributed by atoms with Crippen molar-refractivity contribution >= 4 is 0 Å². The highest BCUT2D eigenvalue weighted by Gasteiger charge is 2.16. The van der Waals surface area contributed by atoms with E-state index in [1.54, 1.807) is 0 Å². The Morgan fingerprint density at radius 3 is 2.78 bits per heavy atom. The number of benzene rings is 1. The van der Waals surface area contributed by atoms with E-state index in [1.807, 2.05) is 13.1 Å². The zero-order valence-corrected chi connectivity index (χ0v) is 11.3. The Morgan fingerprint density at radius 1 is 1.33 bits per heavy atom. The molecular weight excluding hydrogens is 226 g/mol. The van der Waals surface area contributed by atoms with Gasteiger partial charge in [-0.2, -0.15) is 0 Å². The van der Waals surface area contributed by atoms with Crippen molar-refractivity contribution in [2.24, 2.45) is 5.92 Å². The first kappa shape index (κ1) is 13.4. The van der Waals surface area contributed by atoms with Gasteiger partial charge in [-0.1, -0.05) is 18.2 Å². The molecule has 18 heavy (non-hydrogen) atoms. The third-order valence-electron chi connectivity index (χ3n) is 3.63. The number of hydrogen-bond donors (Lipinski definition) is 1. The summed E-state index contributed by atoms with van der Waals surface area (Å²) in [5.41, 5.74) is 1.23. The molecule has 1 unspecified atom stereocenters. The lowest BCUT2D eigenvalue weighted by molar-refractivity contribution is 0.0495. The van der Waals surface area contributed by atoms with Crippen LogP contribution in [0.25, 0.3) is 0 Å². The highest BCUT2D eigenvalue weighted by Crippen LogP contribution is 2.26. The smallest absolute Gasteiger partial charge is 0.124 e. The Morgan fingerprint density at radius 2 is 2.06 bits per heavy atom. The van der Waals surface area contributed by atoms with E-state index in [0.29, 0.717) is 12.0 Å². The fourth-order valence-corrected chi connectivity index (χ4v) is 2.25. The van der Waals surface area contributed by atoms with Gasteiger partial charge in [0, 0.05) is 24.8 Å². The molecule has 3 heteroatoms. The molecule has 1 saturated heterocycles. The van der Waals surface area contributed by atoms with E-state index in [9.17, 15) is 0 Å². The minimum Gasteiger partial charge on any atom is -0.493 e. The summed E-state index contributed by atoms with van der Waals surface area (Å²) >= 11 is 0. The van der Waals surface area contributed by atoms with E-state index in [2.05, 4.69) is 30.4 Å². The van der Waals surface area contributed by atoms with Crippen LogP contribution in [0.1, 0.15) is 31.4 Å². The monoisotopic (exact) mass is 249 g/mol. The molecule has 1 aromatic carbocycles. The van der Waals surface area contributed by atoms with Crippen LogP contribution in [0.15, 0.2) is 24.3 Å². The van der Waals surface area contributed by atoms with E-state index in [4.69, 9.17) is 9.47 Å². The standard InChI is InChI=1S/C15H23NO2/c1-12(16-2)14-5-3-4-6-15(14)18-11-13-7-9-17-10-8-13/h3-6,12-13,16H,7-11H2,1-2H3. The first-order valence-corrected chi connectivity index (χ1v) is 6.78. The van der Waals surface area contributed by atoms with Crippen LogP contribution in [0, 0.1) is 5.92 Å². The number of ether oxygens (including phenoxy) is 2. The van der Waals surface area contributed by atoms with Crippen molar-refractivity contribution in [3.05, 3.63) is 29.8 Å². The first-order valence-electron chi connectivity index (χ1n) is 6.78. The van der Waals surface area contributed by atoms with Crippen LogP contribution >= 0.6 is 0 Å². The van der Waals surface area contributed by atoms with E-state index in [1.165, 1.54) is 5.56 Å². The van der Waals surface area contributed by atoms with Gasteiger partial charge in [0.05, 0.1) is 6.61 Å². The summed E-state index contributed by atoms with van der Waals surface area (Å²) < 4.78 is 11.4. The van der Waals surface area contributed by atoms with E-state index in [-0.39, 0.29) is 0 Å². The molecule has 1 N–H and O–H groups in total. The Hall–Kier alpha value is -1.06. The van der Waals surface area contributed by atoms with E-state index >= 15 is 0 Å². The largest absolute Gasteiger partial charge is 0.493 e. The van der Waals surface area contributed by atoms with Crippen LogP contribution in [0.4, 0.5) is 0 Å². The molecule has 1 aromatic rings. The molecule has 1 aliphatic rings. The molecule has 1 atom stereocenters.